The number of hydrogen-bond acceptors (Lipinski definition) is 2. The minimum atomic E-state index is -0.220. The maximum atomic E-state index is 13.4. The van der Waals surface area contributed by atoms with Crippen LogP contribution in [-0.4, -0.2) is 21.7 Å². The minimum absolute atomic E-state index is 0.0295. The molecule has 1 atom stereocenters. The van der Waals surface area contributed by atoms with Crippen LogP contribution in [0.1, 0.15) is 22.7 Å². The van der Waals surface area contributed by atoms with E-state index < -0.39 is 0 Å². The molecule has 0 saturated heterocycles. The Balaban J connectivity index is 1.60. The Kier molecular flexibility index (Phi) is 5.31. The molecule has 1 aromatic heterocycles. The van der Waals surface area contributed by atoms with Crippen LogP contribution in [-0.2, 0) is 6.54 Å². The molecule has 1 unspecified atom stereocenters. The van der Waals surface area contributed by atoms with Gasteiger partial charge in [0.1, 0.15) is 5.82 Å². The van der Waals surface area contributed by atoms with E-state index in [0.717, 1.165) is 23.4 Å². The first-order valence-electron chi connectivity index (χ1n) is 9.30. The molecular weight excluding hydrogens is 349 g/mol. The lowest BCUT2D eigenvalue weighted by molar-refractivity contribution is 0.270. The highest BCUT2D eigenvalue weighted by Gasteiger charge is 2.20. The third-order valence-electron chi connectivity index (χ3n) is 4.83. The number of halogens is 1. The predicted octanol–water partition coefficient (Wildman–Crippen LogP) is 5.23. The van der Waals surface area contributed by atoms with Crippen LogP contribution in [0.4, 0.5) is 4.39 Å². The summed E-state index contributed by atoms with van der Waals surface area (Å²) in [6.07, 6.45) is 3.95. The largest absolute Gasteiger partial charge is 0.291 e. The molecule has 4 rings (SSSR count). The molecule has 3 aromatic carbocycles. The van der Waals surface area contributed by atoms with Crippen molar-refractivity contribution in [2.24, 2.45) is 0 Å². The number of nitrogens with zero attached hydrogens (tertiary/aromatic N) is 3. The fourth-order valence-corrected chi connectivity index (χ4v) is 3.52. The molecule has 0 radical (unpaired) electrons. The first-order valence-corrected chi connectivity index (χ1v) is 9.30. The zero-order valence-corrected chi connectivity index (χ0v) is 15.7. The van der Waals surface area contributed by atoms with Crippen molar-refractivity contribution in [1.82, 2.24) is 14.7 Å². The molecule has 28 heavy (non-hydrogen) atoms. The second-order valence-electron chi connectivity index (χ2n) is 6.91. The van der Waals surface area contributed by atoms with E-state index in [9.17, 15) is 4.39 Å². The van der Waals surface area contributed by atoms with Crippen molar-refractivity contribution >= 4 is 0 Å². The van der Waals surface area contributed by atoms with E-state index in [1.807, 2.05) is 71.5 Å². The van der Waals surface area contributed by atoms with Crippen molar-refractivity contribution in [3.63, 3.8) is 0 Å². The van der Waals surface area contributed by atoms with Crippen LogP contribution in [0, 0.1) is 5.82 Å². The Hall–Kier alpha value is -3.24. The molecule has 0 amide bonds. The maximum Gasteiger partial charge on any atom is 0.123 e. The first kappa shape index (κ1) is 18.1. The highest BCUT2D eigenvalue weighted by atomic mass is 19.1. The van der Waals surface area contributed by atoms with Crippen molar-refractivity contribution in [1.29, 1.82) is 0 Å². The Bertz CT molecular complexity index is 1010. The molecule has 0 fully saturated rings. The van der Waals surface area contributed by atoms with Gasteiger partial charge in [-0.1, -0.05) is 60.7 Å². The van der Waals surface area contributed by atoms with E-state index in [4.69, 9.17) is 0 Å². The van der Waals surface area contributed by atoms with Gasteiger partial charge in [-0.15, -0.1) is 0 Å². The Morgan fingerprint density at radius 1 is 0.857 bits per heavy atom. The van der Waals surface area contributed by atoms with Gasteiger partial charge in [-0.25, -0.2) is 9.07 Å². The number of benzene rings is 3. The van der Waals surface area contributed by atoms with Crippen molar-refractivity contribution in [3.05, 3.63) is 120 Å². The highest BCUT2D eigenvalue weighted by molar-refractivity contribution is 5.33. The van der Waals surface area contributed by atoms with Crippen LogP contribution in [0.25, 0.3) is 5.69 Å². The molecule has 0 N–H and O–H groups in total. The van der Waals surface area contributed by atoms with E-state index in [1.165, 1.54) is 17.7 Å². The van der Waals surface area contributed by atoms with Crippen LogP contribution in [0.2, 0.25) is 0 Å². The second kappa shape index (κ2) is 8.19. The summed E-state index contributed by atoms with van der Waals surface area (Å²) >= 11 is 0. The fourth-order valence-electron chi connectivity index (χ4n) is 3.52. The van der Waals surface area contributed by atoms with Gasteiger partial charge < -0.3 is 0 Å². The predicted molar refractivity (Wildman–Crippen MR) is 110 cm³/mol. The van der Waals surface area contributed by atoms with E-state index in [0.29, 0.717) is 0 Å². The zero-order valence-electron chi connectivity index (χ0n) is 15.7. The van der Waals surface area contributed by atoms with Gasteiger partial charge >= 0.3 is 0 Å². The molecule has 0 aliphatic heterocycles. The lowest BCUT2D eigenvalue weighted by Gasteiger charge is -2.28. The first-order chi connectivity index (χ1) is 13.7. The monoisotopic (exact) mass is 371 g/mol. The molecule has 1 heterocycles. The van der Waals surface area contributed by atoms with Crippen molar-refractivity contribution in [3.8, 4) is 5.69 Å². The summed E-state index contributed by atoms with van der Waals surface area (Å²) in [5.41, 5.74) is 4.39. The standard InChI is InChI=1S/C24H22FN3/c1-27(17-19-16-26-28(18-19)23-10-6-3-7-11-23)24(20-8-4-2-5-9-20)21-12-14-22(25)15-13-21/h2-16,18,24H,17H2,1H3. The quantitative estimate of drug-likeness (QED) is 0.463. The molecule has 4 heteroatoms. The fraction of sp³-hybridized carbons (Fsp3) is 0.125. The highest BCUT2D eigenvalue weighted by Crippen LogP contribution is 2.29. The van der Waals surface area contributed by atoms with Crippen molar-refractivity contribution < 1.29 is 4.39 Å². The van der Waals surface area contributed by atoms with Crippen LogP contribution < -0.4 is 0 Å². The van der Waals surface area contributed by atoms with Gasteiger partial charge in [0.15, 0.2) is 0 Å². The summed E-state index contributed by atoms with van der Waals surface area (Å²) in [5, 5.41) is 4.50. The Morgan fingerprint density at radius 3 is 2.14 bits per heavy atom. The van der Waals surface area contributed by atoms with E-state index >= 15 is 0 Å². The molecule has 0 bridgehead atoms. The third kappa shape index (κ3) is 4.02. The molecule has 0 aliphatic carbocycles. The zero-order chi connectivity index (χ0) is 19.3. The number of rotatable bonds is 6. The number of para-hydroxylation sites is 1. The summed E-state index contributed by atoms with van der Waals surface area (Å²) < 4.78 is 15.3. The average molecular weight is 371 g/mol. The summed E-state index contributed by atoms with van der Waals surface area (Å²) in [5.74, 6) is -0.220. The van der Waals surface area contributed by atoms with Crippen LogP contribution in [0.5, 0.6) is 0 Å². The van der Waals surface area contributed by atoms with Crippen LogP contribution in [0.15, 0.2) is 97.3 Å². The van der Waals surface area contributed by atoms with Gasteiger partial charge in [-0.3, -0.25) is 4.90 Å². The maximum absolute atomic E-state index is 13.4. The molecule has 0 aliphatic rings. The SMILES string of the molecule is CN(Cc1cnn(-c2ccccc2)c1)C(c1ccccc1)c1ccc(F)cc1. The van der Waals surface area contributed by atoms with E-state index in [1.54, 1.807) is 0 Å². The summed E-state index contributed by atoms with van der Waals surface area (Å²) in [6.45, 7) is 0.726. The molecular formula is C24H22FN3. The Labute approximate surface area is 164 Å². The van der Waals surface area contributed by atoms with Crippen molar-refractivity contribution in [2.45, 2.75) is 12.6 Å². The topological polar surface area (TPSA) is 21.1 Å². The smallest absolute Gasteiger partial charge is 0.123 e. The minimum Gasteiger partial charge on any atom is -0.291 e. The summed E-state index contributed by atoms with van der Waals surface area (Å²) in [7, 11) is 2.08. The lowest BCUT2D eigenvalue weighted by Crippen LogP contribution is -2.25. The third-order valence-corrected chi connectivity index (χ3v) is 4.83. The summed E-state index contributed by atoms with van der Waals surface area (Å²) in [6, 6.07) is 27.2. The van der Waals surface area contributed by atoms with Crippen LogP contribution >= 0.6 is 0 Å². The molecule has 3 nitrogen and oxygen atoms in total. The lowest BCUT2D eigenvalue weighted by atomic mass is 9.97. The van der Waals surface area contributed by atoms with Gasteiger partial charge in [0, 0.05) is 18.3 Å². The normalized spacial score (nSPS) is 12.2. The number of hydrogen-bond donors (Lipinski definition) is 0. The van der Waals surface area contributed by atoms with Gasteiger partial charge in [0.25, 0.3) is 0 Å². The molecule has 4 aromatic rings. The van der Waals surface area contributed by atoms with Crippen molar-refractivity contribution in [2.75, 3.05) is 7.05 Å². The average Bonchev–Trinajstić information content (AvgIpc) is 3.20. The molecule has 140 valence electrons. The van der Waals surface area contributed by atoms with E-state index in [-0.39, 0.29) is 11.9 Å². The molecule has 0 saturated carbocycles. The van der Waals surface area contributed by atoms with Gasteiger partial charge in [-0.05, 0) is 42.4 Å². The molecule has 0 spiro atoms. The summed E-state index contributed by atoms with van der Waals surface area (Å²) in [4.78, 5) is 2.26. The van der Waals surface area contributed by atoms with Gasteiger partial charge in [-0.2, -0.15) is 5.10 Å². The second-order valence-corrected chi connectivity index (χ2v) is 6.91. The van der Waals surface area contributed by atoms with Crippen LogP contribution in [0.3, 0.4) is 0 Å². The van der Waals surface area contributed by atoms with E-state index in [2.05, 4.69) is 35.4 Å². The Morgan fingerprint density at radius 2 is 1.46 bits per heavy atom. The van der Waals surface area contributed by atoms with Gasteiger partial charge in [0.2, 0.25) is 0 Å². The number of aromatic nitrogens is 2. The van der Waals surface area contributed by atoms with Gasteiger partial charge in [0.05, 0.1) is 17.9 Å².